The summed E-state index contributed by atoms with van der Waals surface area (Å²) in [6.07, 6.45) is 3.59. The zero-order valence-corrected chi connectivity index (χ0v) is 11.9. The van der Waals surface area contributed by atoms with Gasteiger partial charge in [0, 0.05) is 16.3 Å². The van der Waals surface area contributed by atoms with Crippen LogP contribution in [0, 0.1) is 10.1 Å². The van der Waals surface area contributed by atoms with E-state index in [9.17, 15) is 10.1 Å². The molecule has 21 heavy (non-hydrogen) atoms. The van der Waals surface area contributed by atoms with Gasteiger partial charge in [-0.1, -0.05) is 11.3 Å². The highest BCUT2D eigenvalue weighted by Crippen LogP contribution is 2.28. The number of hydrogen-bond donors (Lipinski definition) is 0. The van der Waals surface area contributed by atoms with Crippen LogP contribution in [0.1, 0.15) is 10.6 Å². The molecule has 0 unspecified atom stereocenters. The molecule has 3 aromatic rings. The highest BCUT2D eigenvalue weighted by Gasteiger charge is 2.08. The number of furan rings is 1. The van der Waals surface area contributed by atoms with Gasteiger partial charge in [-0.05, 0) is 42.5 Å². The van der Waals surface area contributed by atoms with E-state index >= 15 is 0 Å². The number of methoxy groups -OCH3 is 1. The van der Waals surface area contributed by atoms with Crippen LogP contribution >= 0.6 is 11.3 Å². The number of nitrogens with zero attached hydrogens (tertiary/aromatic N) is 1. The first kappa shape index (κ1) is 13.4. The van der Waals surface area contributed by atoms with E-state index in [0.29, 0.717) is 5.76 Å². The van der Waals surface area contributed by atoms with Crippen molar-refractivity contribution in [2.75, 3.05) is 7.11 Å². The van der Waals surface area contributed by atoms with Gasteiger partial charge < -0.3 is 9.15 Å². The Morgan fingerprint density at radius 2 is 2.10 bits per heavy atom. The Balaban J connectivity index is 1.86. The number of benzene rings is 1. The number of thiophene rings is 1. The van der Waals surface area contributed by atoms with Gasteiger partial charge in [-0.3, -0.25) is 10.1 Å². The van der Waals surface area contributed by atoms with Crippen molar-refractivity contribution < 1.29 is 14.1 Å². The zero-order chi connectivity index (χ0) is 14.8. The Kier molecular flexibility index (Phi) is 3.45. The maximum Gasteiger partial charge on any atom is 0.324 e. The van der Waals surface area contributed by atoms with Crippen LogP contribution in [0.3, 0.4) is 0 Å². The number of hydrogen-bond acceptors (Lipinski definition) is 5. The molecule has 1 aromatic carbocycles. The summed E-state index contributed by atoms with van der Waals surface area (Å²) < 4.78 is 10.8. The monoisotopic (exact) mass is 301 g/mol. The lowest BCUT2D eigenvalue weighted by molar-refractivity contribution is -0.380. The van der Waals surface area contributed by atoms with Crippen LogP contribution in [-0.2, 0) is 0 Å². The van der Waals surface area contributed by atoms with Crippen molar-refractivity contribution in [1.82, 2.24) is 0 Å². The molecule has 0 amide bonds. The molecule has 0 saturated heterocycles. The van der Waals surface area contributed by atoms with E-state index in [0.717, 1.165) is 32.9 Å². The van der Waals surface area contributed by atoms with Crippen molar-refractivity contribution in [1.29, 1.82) is 0 Å². The molecule has 0 spiro atoms. The summed E-state index contributed by atoms with van der Waals surface area (Å²) in [7, 11) is 1.62. The molecule has 3 rings (SSSR count). The van der Waals surface area contributed by atoms with Gasteiger partial charge in [0.1, 0.15) is 17.1 Å². The average molecular weight is 301 g/mol. The lowest BCUT2D eigenvalue weighted by Crippen LogP contribution is -1.80. The second-order valence-electron chi connectivity index (χ2n) is 4.32. The third-order valence-corrected chi connectivity index (χ3v) is 3.95. The van der Waals surface area contributed by atoms with Gasteiger partial charge in [0.15, 0.2) is 0 Å². The molecule has 0 aliphatic rings. The van der Waals surface area contributed by atoms with Crippen molar-refractivity contribution in [2.24, 2.45) is 0 Å². The van der Waals surface area contributed by atoms with E-state index in [2.05, 4.69) is 0 Å². The molecule has 106 valence electrons. The average Bonchev–Trinajstić information content (AvgIpc) is 3.10. The summed E-state index contributed by atoms with van der Waals surface area (Å²) in [6.45, 7) is 0. The van der Waals surface area contributed by atoms with E-state index in [1.807, 2.05) is 24.3 Å². The van der Waals surface area contributed by atoms with Gasteiger partial charge in [-0.15, -0.1) is 0 Å². The van der Waals surface area contributed by atoms with Gasteiger partial charge in [0.05, 0.1) is 12.0 Å². The molecule has 0 aliphatic heterocycles. The second-order valence-corrected chi connectivity index (χ2v) is 5.41. The van der Waals surface area contributed by atoms with Crippen LogP contribution in [0.2, 0.25) is 0 Å². The van der Waals surface area contributed by atoms with Crippen molar-refractivity contribution in [3.63, 3.8) is 0 Å². The molecule has 2 aromatic heterocycles. The van der Waals surface area contributed by atoms with Gasteiger partial charge in [0.2, 0.25) is 0 Å². The van der Waals surface area contributed by atoms with E-state index in [1.165, 1.54) is 6.07 Å². The fourth-order valence-electron chi connectivity index (χ4n) is 1.95. The number of rotatable bonds is 4. The van der Waals surface area contributed by atoms with E-state index in [-0.39, 0.29) is 5.00 Å². The number of fused-ring (bicyclic) bond motifs is 1. The molecular weight excluding hydrogens is 290 g/mol. The zero-order valence-electron chi connectivity index (χ0n) is 11.1. The third-order valence-electron chi connectivity index (χ3n) is 2.95. The van der Waals surface area contributed by atoms with E-state index < -0.39 is 4.92 Å². The van der Waals surface area contributed by atoms with Gasteiger partial charge in [0.25, 0.3) is 0 Å². The van der Waals surface area contributed by atoms with Crippen LogP contribution in [0.4, 0.5) is 5.00 Å². The standard InChI is InChI=1S/C15H11NO4S/c1-19-11-3-6-14-10(8-11)9-12(20-14)2-4-13-5-7-15(21-13)16(17)18/h2-9H,1H3. The Labute approximate surface area is 124 Å². The van der Waals surface area contributed by atoms with Gasteiger partial charge >= 0.3 is 5.00 Å². The summed E-state index contributed by atoms with van der Waals surface area (Å²) >= 11 is 1.13. The number of nitro groups is 1. The first-order chi connectivity index (χ1) is 10.2. The third kappa shape index (κ3) is 2.80. The second kappa shape index (κ2) is 5.41. The first-order valence-corrected chi connectivity index (χ1v) is 6.97. The smallest absolute Gasteiger partial charge is 0.324 e. The lowest BCUT2D eigenvalue weighted by Gasteiger charge is -1.96. The maximum absolute atomic E-state index is 10.6. The van der Waals surface area contributed by atoms with Crippen LogP contribution < -0.4 is 4.74 Å². The summed E-state index contributed by atoms with van der Waals surface area (Å²) in [6, 6.07) is 10.7. The van der Waals surface area contributed by atoms with Crippen LogP contribution in [0.15, 0.2) is 40.8 Å². The Morgan fingerprint density at radius 1 is 1.24 bits per heavy atom. The van der Waals surface area contributed by atoms with E-state index in [4.69, 9.17) is 9.15 Å². The van der Waals surface area contributed by atoms with Crippen LogP contribution in [-0.4, -0.2) is 12.0 Å². The summed E-state index contributed by atoms with van der Waals surface area (Å²) in [5.41, 5.74) is 0.771. The molecule has 0 saturated carbocycles. The molecule has 0 bridgehead atoms. The minimum atomic E-state index is -0.393. The summed E-state index contributed by atoms with van der Waals surface area (Å²) in [5, 5.41) is 11.7. The molecule has 2 heterocycles. The molecule has 0 fully saturated rings. The molecule has 0 radical (unpaired) electrons. The lowest BCUT2D eigenvalue weighted by atomic mass is 10.2. The molecular formula is C15H11NO4S. The highest BCUT2D eigenvalue weighted by atomic mass is 32.1. The molecule has 5 nitrogen and oxygen atoms in total. The largest absolute Gasteiger partial charge is 0.497 e. The SMILES string of the molecule is COc1ccc2oc(C=Cc3ccc([N+](=O)[O-])s3)cc2c1. The predicted octanol–water partition coefficient (Wildman–Crippen LogP) is 4.58. The number of ether oxygens (including phenoxy) is 1. The van der Waals surface area contributed by atoms with Crippen molar-refractivity contribution >= 4 is 39.5 Å². The Hall–Kier alpha value is -2.60. The topological polar surface area (TPSA) is 65.5 Å². The summed E-state index contributed by atoms with van der Waals surface area (Å²) in [5.74, 6) is 1.46. The molecule has 0 N–H and O–H groups in total. The Morgan fingerprint density at radius 3 is 2.81 bits per heavy atom. The molecule has 6 heteroatoms. The van der Waals surface area contributed by atoms with Crippen LogP contribution in [0.5, 0.6) is 5.75 Å². The van der Waals surface area contributed by atoms with Gasteiger partial charge in [-0.25, -0.2) is 0 Å². The summed E-state index contributed by atoms with van der Waals surface area (Å²) in [4.78, 5) is 11.0. The van der Waals surface area contributed by atoms with E-state index in [1.54, 1.807) is 25.3 Å². The highest BCUT2D eigenvalue weighted by molar-refractivity contribution is 7.16. The maximum atomic E-state index is 10.6. The first-order valence-electron chi connectivity index (χ1n) is 6.15. The molecule has 0 aliphatic carbocycles. The van der Waals surface area contributed by atoms with Gasteiger partial charge in [-0.2, -0.15) is 0 Å². The fraction of sp³-hybridized carbons (Fsp3) is 0.0667. The van der Waals surface area contributed by atoms with Crippen LogP contribution in [0.25, 0.3) is 23.1 Å². The predicted molar refractivity (Wildman–Crippen MR) is 82.7 cm³/mol. The minimum Gasteiger partial charge on any atom is -0.497 e. The minimum absolute atomic E-state index is 0.129. The fourth-order valence-corrected chi connectivity index (χ4v) is 2.67. The molecule has 0 atom stereocenters. The van der Waals surface area contributed by atoms with Crippen molar-refractivity contribution in [3.05, 3.63) is 57.1 Å². The normalized spacial score (nSPS) is 11.3. The van der Waals surface area contributed by atoms with Crippen molar-refractivity contribution in [3.8, 4) is 5.75 Å². The Bertz CT molecular complexity index is 831. The quantitative estimate of drug-likeness (QED) is 0.522. The van der Waals surface area contributed by atoms with Crippen molar-refractivity contribution in [2.45, 2.75) is 0 Å².